The standard InChI is InChI=1S/C14H9N5O/c1-2-10(6-15-5-1)13-17-14(20-18-13)11-3-4-12-7-16-9-19(12)8-11/h1-9H. The summed E-state index contributed by atoms with van der Waals surface area (Å²) in [5.74, 6) is 0.998. The van der Waals surface area contributed by atoms with E-state index in [0.29, 0.717) is 11.7 Å². The highest BCUT2D eigenvalue weighted by atomic mass is 16.5. The molecule has 0 saturated heterocycles. The predicted molar refractivity (Wildman–Crippen MR) is 71.7 cm³/mol. The van der Waals surface area contributed by atoms with E-state index in [1.165, 1.54) is 0 Å². The maximum absolute atomic E-state index is 5.31. The number of fused-ring (bicyclic) bond motifs is 1. The SMILES string of the molecule is c1cncc(-c2noc(-c3ccc4cncn4c3)n2)c1. The molecule has 0 bridgehead atoms. The second kappa shape index (κ2) is 4.27. The molecule has 0 aromatic carbocycles. The normalized spacial score (nSPS) is 11.0. The summed E-state index contributed by atoms with van der Waals surface area (Å²) in [6, 6.07) is 7.61. The Labute approximate surface area is 113 Å². The van der Waals surface area contributed by atoms with Crippen LogP contribution in [-0.4, -0.2) is 24.5 Å². The van der Waals surface area contributed by atoms with Crippen molar-refractivity contribution in [3.8, 4) is 22.8 Å². The number of aromatic nitrogens is 5. The van der Waals surface area contributed by atoms with E-state index in [4.69, 9.17) is 4.52 Å². The Morgan fingerprint density at radius 1 is 1.00 bits per heavy atom. The molecule has 6 nitrogen and oxygen atoms in total. The summed E-state index contributed by atoms with van der Waals surface area (Å²) >= 11 is 0. The molecule has 20 heavy (non-hydrogen) atoms. The van der Waals surface area contributed by atoms with Crippen LogP contribution in [0.4, 0.5) is 0 Å². The van der Waals surface area contributed by atoms with Crippen molar-refractivity contribution in [1.29, 1.82) is 0 Å². The van der Waals surface area contributed by atoms with Gasteiger partial charge in [-0.3, -0.25) is 4.98 Å². The van der Waals surface area contributed by atoms with Gasteiger partial charge in [-0.15, -0.1) is 0 Å². The summed E-state index contributed by atoms with van der Waals surface area (Å²) in [5.41, 5.74) is 2.69. The largest absolute Gasteiger partial charge is 0.334 e. The smallest absolute Gasteiger partial charge is 0.259 e. The Hall–Kier alpha value is -3.02. The highest BCUT2D eigenvalue weighted by Crippen LogP contribution is 2.21. The Morgan fingerprint density at radius 3 is 2.90 bits per heavy atom. The zero-order valence-electron chi connectivity index (χ0n) is 10.3. The molecule has 0 fully saturated rings. The summed E-state index contributed by atoms with van der Waals surface area (Å²) in [7, 11) is 0. The highest BCUT2D eigenvalue weighted by Gasteiger charge is 2.11. The van der Waals surface area contributed by atoms with E-state index < -0.39 is 0 Å². The Morgan fingerprint density at radius 2 is 2.00 bits per heavy atom. The van der Waals surface area contributed by atoms with Crippen molar-refractivity contribution in [3.05, 3.63) is 55.4 Å². The van der Waals surface area contributed by atoms with E-state index >= 15 is 0 Å². The molecule has 4 heterocycles. The number of imidazole rings is 1. The molecule has 4 aromatic heterocycles. The van der Waals surface area contributed by atoms with Gasteiger partial charge in [0.15, 0.2) is 0 Å². The lowest BCUT2D eigenvalue weighted by molar-refractivity contribution is 0.432. The summed E-state index contributed by atoms with van der Waals surface area (Å²) in [5, 5.41) is 3.98. The van der Waals surface area contributed by atoms with Crippen LogP contribution in [0.15, 0.2) is 59.9 Å². The fourth-order valence-electron chi connectivity index (χ4n) is 2.00. The van der Waals surface area contributed by atoms with Crippen molar-refractivity contribution in [2.45, 2.75) is 0 Å². The molecule has 0 amide bonds. The first-order valence-electron chi connectivity index (χ1n) is 6.06. The lowest BCUT2D eigenvalue weighted by atomic mass is 10.2. The van der Waals surface area contributed by atoms with Crippen molar-refractivity contribution < 1.29 is 4.52 Å². The Bertz CT molecular complexity index is 865. The van der Waals surface area contributed by atoms with Gasteiger partial charge in [0, 0.05) is 24.2 Å². The van der Waals surface area contributed by atoms with Crippen LogP contribution in [-0.2, 0) is 0 Å². The summed E-state index contributed by atoms with van der Waals surface area (Å²) < 4.78 is 7.21. The molecule has 0 spiro atoms. The van der Waals surface area contributed by atoms with Crippen LogP contribution in [0.1, 0.15) is 0 Å². The molecule has 0 atom stereocenters. The summed E-state index contributed by atoms with van der Waals surface area (Å²) in [6.07, 6.45) is 8.84. The molecule has 6 heteroatoms. The number of rotatable bonds is 2. The minimum absolute atomic E-state index is 0.472. The summed E-state index contributed by atoms with van der Waals surface area (Å²) in [4.78, 5) is 12.5. The van der Waals surface area contributed by atoms with Gasteiger partial charge in [-0.05, 0) is 24.3 Å². The first kappa shape index (κ1) is 10.9. The number of nitrogens with zero attached hydrogens (tertiary/aromatic N) is 5. The lowest BCUT2D eigenvalue weighted by Crippen LogP contribution is -1.85. The summed E-state index contributed by atoms with van der Waals surface area (Å²) in [6.45, 7) is 0. The third kappa shape index (κ3) is 1.74. The molecule has 0 saturated carbocycles. The monoisotopic (exact) mass is 263 g/mol. The van der Waals surface area contributed by atoms with E-state index in [9.17, 15) is 0 Å². The van der Waals surface area contributed by atoms with Gasteiger partial charge in [0.1, 0.15) is 0 Å². The minimum Gasteiger partial charge on any atom is -0.334 e. The molecule has 0 unspecified atom stereocenters. The molecule has 0 N–H and O–H groups in total. The third-order valence-corrected chi connectivity index (χ3v) is 3.00. The molecule has 4 rings (SSSR count). The Kier molecular flexibility index (Phi) is 2.32. The predicted octanol–water partition coefficient (Wildman–Crippen LogP) is 2.45. The number of hydrogen-bond donors (Lipinski definition) is 0. The molecule has 4 aromatic rings. The van der Waals surface area contributed by atoms with E-state index in [-0.39, 0.29) is 0 Å². The molecule has 0 aliphatic carbocycles. The van der Waals surface area contributed by atoms with E-state index in [1.54, 1.807) is 24.9 Å². The van der Waals surface area contributed by atoms with Gasteiger partial charge >= 0.3 is 0 Å². The maximum Gasteiger partial charge on any atom is 0.259 e. The Balaban J connectivity index is 1.77. The molecule has 0 aliphatic rings. The van der Waals surface area contributed by atoms with Crippen molar-refractivity contribution in [2.24, 2.45) is 0 Å². The van der Waals surface area contributed by atoms with Crippen molar-refractivity contribution in [1.82, 2.24) is 24.5 Å². The van der Waals surface area contributed by atoms with E-state index in [0.717, 1.165) is 16.6 Å². The second-order valence-corrected chi connectivity index (χ2v) is 4.31. The van der Waals surface area contributed by atoms with Crippen LogP contribution in [0, 0.1) is 0 Å². The first-order valence-corrected chi connectivity index (χ1v) is 6.06. The van der Waals surface area contributed by atoms with Gasteiger partial charge in [-0.1, -0.05) is 5.16 Å². The average Bonchev–Trinajstić information content (AvgIpc) is 3.16. The third-order valence-electron chi connectivity index (χ3n) is 3.00. The van der Waals surface area contributed by atoms with E-state index in [1.807, 2.05) is 34.9 Å². The maximum atomic E-state index is 5.31. The average molecular weight is 263 g/mol. The van der Waals surface area contributed by atoms with Crippen LogP contribution in [0.5, 0.6) is 0 Å². The van der Waals surface area contributed by atoms with Gasteiger partial charge in [0.25, 0.3) is 5.89 Å². The van der Waals surface area contributed by atoms with Crippen molar-refractivity contribution in [2.75, 3.05) is 0 Å². The fourth-order valence-corrected chi connectivity index (χ4v) is 2.00. The zero-order valence-corrected chi connectivity index (χ0v) is 10.3. The van der Waals surface area contributed by atoms with Gasteiger partial charge in [-0.25, -0.2) is 4.98 Å². The second-order valence-electron chi connectivity index (χ2n) is 4.31. The van der Waals surface area contributed by atoms with Crippen LogP contribution < -0.4 is 0 Å². The van der Waals surface area contributed by atoms with Crippen molar-refractivity contribution in [3.63, 3.8) is 0 Å². The van der Waals surface area contributed by atoms with Gasteiger partial charge in [0.2, 0.25) is 5.82 Å². The quantitative estimate of drug-likeness (QED) is 0.555. The molecule has 0 radical (unpaired) electrons. The number of pyridine rings is 2. The van der Waals surface area contributed by atoms with Gasteiger partial charge in [-0.2, -0.15) is 4.98 Å². The minimum atomic E-state index is 0.472. The number of hydrogen-bond acceptors (Lipinski definition) is 5. The fraction of sp³-hybridized carbons (Fsp3) is 0. The molecular weight excluding hydrogens is 254 g/mol. The van der Waals surface area contributed by atoms with Crippen molar-refractivity contribution >= 4 is 5.52 Å². The molecule has 0 aliphatic heterocycles. The van der Waals surface area contributed by atoms with Gasteiger partial charge < -0.3 is 8.92 Å². The lowest BCUT2D eigenvalue weighted by Gasteiger charge is -1.96. The topological polar surface area (TPSA) is 69.1 Å². The van der Waals surface area contributed by atoms with Crippen LogP contribution in [0.3, 0.4) is 0 Å². The molecule has 96 valence electrons. The van der Waals surface area contributed by atoms with Gasteiger partial charge in [0.05, 0.1) is 23.6 Å². The van der Waals surface area contributed by atoms with Crippen LogP contribution >= 0.6 is 0 Å². The molecular formula is C14H9N5O. The van der Waals surface area contributed by atoms with E-state index in [2.05, 4.69) is 20.1 Å². The van der Waals surface area contributed by atoms with Crippen LogP contribution in [0.25, 0.3) is 28.4 Å². The highest BCUT2D eigenvalue weighted by molar-refractivity contribution is 5.60. The van der Waals surface area contributed by atoms with Crippen LogP contribution in [0.2, 0.25) is 0 Å². The zero-order chi connectivity index (χ0) is 13.4. The first-order chi connectivity index (χ1) is 9.90.